The molecule has 1 saturated heterocycles. The number of hydrogen-bond donors (Lipinski definition) is 1. The first-order valence-corrected chi connectivity index (χ1v) is 10.5. The van der Waals surface area contributed by atoms with Gasteiger partial charge in [-0.3, -0.25) is 24.1 Å². The van der Waals surface area contributed by atoms with Crippen molar-refractivity contribution in [3.8, 4) is 5.75 Å². The Morgan fingerprint density at radius 2 is 1.77 bits per heavy atom. The number of rotatable bonds is 8. The van der Waals surface area contributed by atoms with Gasteiger partial charge in [0.1, 0.15) is 5.75 Å². The lowest BCUT2D eigenvalue weighted by molar-refractivity contribution is -0.149. The lowest BCUT2D eigenvalue weighted by Crippen LogP contribution is -2.35. The normalized spacial score (nSPS) is 26.6. The monoisotopic (exact) mass is 414 g/mol. The highest BCUT2D eigenvalue weighted by Gasteiger charge is 2.60. The predicted octanol–water partition coefficient (Wildman–Crippen LogP) is 1.99. The third-order valence-electron chi connectivity index (χ3n) is 6.38. The summed E-state index contributed by atoms with van der Waals surface area (Å²) in [5.74, 6) is -0.616. The van der Waals surface area contributed by atoms with Gasteiger partial charge >= 0.3 is 5.97 Å². The van der Waals surface area contributed by atoms with Gasteiger partial charge in [0.25, 0.3) is 5.91 Å². The number of nitrogens with zero attached hydrogens (tertiary/aromatic N) is 1. The second-order valence-corrected chi connectivity index (χ2v) is 8.10. The molecule has 1 aromatic rings. The van der Waals surface area contributed by atoms with E-state index in [9.17, 15) is 19.2 Å². The minimum atomic E-state index is -0.621. The van der Waals surface area contributed by atoms with Crippen molar-refractivity contribution in [1.29, 1.82) is 0 Å². The van der Waals surface area contributed by atoms with Crippen molar-refractivity contribution in [3.63, 3.8) is 0 Å². The molecule has 8 heteroatoms. The fraction of sp³-hybridized carbons (Fsp3) is 0.545. The third-order valence-corrected chi connectivity index (χ3v) is 6.38. The average molecular weight is 414 g/mol. The number of fused-ring (bicyclic) bond motifs is 5. The first-order chi connectivity index (χ1) is 14.5. The molecule has 1 heterocycles. The smallest absolute Gasteiger partial charge is 0.308 e. The molecule has 4 rings (SSSR count). The zero-order chi connectivity index (χ0) is 21.3. The van der Waals surface area contributed by atoms with E-state index in [2.05, 4.69) is 5.32 Å². The number of imide groups is 1. The summed E-state index contributed by atoms with van der Waals surface area (Å²) in [7, 11) is 0. The lowest BCUT2D eigenvalue weighted by atomic mass is 9.81. The number of ether oxygens (including phenoxy) is 2. The average Bonchev–Trinajstić information content (AvgIpc) is 3.41. The number of nitrogens with one attached hydrogen (secondary N) is 1. The second-order valence-electron chi connectivity index (χ2n) is 8.10. The molecule has 3 fully saturated rings. The molecule has 0 spiro atoms. The van der Waals surface area contributed by atoms with Crippen LogP contribution >= 0.6 is 0 Å². The molecule has 160 valence electrons. The van der Waals surface area contributed by atoms with Crippen LogP contribution in [0.15, 0.2) is 24.3 Å². The summed E-state index contributed by atoms with van der Waals surface area (Å²) in [6.07, 6.45) is 2.89. The molecule has 30 heavy (non-hydrogen) atoms. The van der Waals surface area contributed by atoms with Gasteiger partial charge in [-0.2, -0.15) is 0 Å². The van der Waals surface area contributed by atoms with Crippen molar-refractivity contribution in [2.45, 2.75) is 32.6 Å². The van der Waals surface area contributed by atoms with Crippen LogP contribution in [-0.2, 0) is 23.9 Å². The third kappa shape index (κ3) is 3.78. The van der Waals surface area contributed by atoms with Crippen LogP contribution in [0.3, 0.4) is 0 Å². The van der Waals surface area contributed by atoms with Crippen molar-refractivity contribution >= 4 is 29.4 Å². The van der Waals surface area contributed by atoms with E-state index in [1.807, 2.05) is 6.92 Å². The SMILES string of the molecule is CCOc1ccccc1NC(=O)COC(=O)CCN1C(=O)[C@@H]2[C@H]3CC[C@@H](C3)[C@H]2C1=O. The van der Waals surface area contributed by atoms with E-state index in [4.69, 9.17) is 9.47 Å². The summed E-state index contributed by atoms with van der Waals surface area (Å²) in [6.45, 7) is 1.86. The molecule has 0 aromatic heterocycles. The number of hydrogen-bond acceptors (Lipinski definition) is 6. The molecular formula is C22H26N2O6. The lowest BCUT2D eigenvalue weighted by Gasteiger charge is -2.19. The Labute approximate surface area is 174 Å². The zero-order valence-corrected chi connectivity index (χ0v) is 17.0. The van der Waals surface area contributed by atoms with Gasteiger partial charge in [-0.15, -0.1) is 0 Å². The van der Waals surface area contributed by atoms with Gasteiger partial charge < -0.3 is 14.8 Å². The van der Waals surface area contributed by atoms with Crippen LogP contribution in [0.4, 0.5) is 5.69 Å². The quantitative estimate of drug-likeness (QED) is 0.516. The second kappa shape index (κ2) is 8.45. The van der Waals surface area contributed by atoms with Crippen LogP contribution in [0.1, 0.15) is 32.6 Å². The molecule has 2 aliphatic carbocycles. The highest BCUT2D eigenvalue weighted by atomic mass is 16.5. The molecule has 1 N–H and O–H groups in total. The van der Waals surface area contributed by atoms with Gasteiger partial charge in [0, 0.05) is 6.54 Å². The summed E-state index contributed by atoms with van der Waals surface area (Å²) < 4.78 is 10.5. The predicted molar refractivity (Wildman–Crippen MR) is 106 cm³/mol. The van der Waals surface area contributed by atoms with Crippen LogP contribution in [0.2, 0.25) is 0 Å². The van der Waals surface area contributed by atoms with Crippen LogP contribution in [0, 0.1) is 23.7 Å². The summed E-state index contributed by atoms with van der Waals surface area (Å²) in [5, 5.41) is 2.65. The molecule has 3 amide bonds. The first-order valence-electron chi connectivity index (χ1n) is 10.5. The number of para-hydroxylation sites is 2. The number of benzene rings is 1. The molecule has 3 aliphatic rings. The number of esters is 1. The number of anilines is 1. The van der Waals surface area contributed by atoms with Gasteiger partial charge in [-0.25, -0.2) is 0 Å². The van der Waals surface area contributed by atoms with E-state index in [-0.39, 0.29) is 36.6 Å². The van der Waals surface area contributed by atoms with Crippen LogP contribution < -0.4 is 10.1 Å². The van der Waals surface area contributed by atoms with Gasteiger partial charge in [0.2, 0.25) is 11.8 Å². The Bertz CT molecular complexity index is 841. The maximum Gasteiger partial charge on any atom is 0.308 e. The number of amides is 3. The Balaban J connectivity index is 1.23. The Morgan fingerprint density at radius 1 is 1.10 bits per heavy atom. The van der Waals surface area contributed by atoms with Gasteiger partial charge in [-0.05, 0) is 50.2 Å². The summed E-state index contributed by atoms with van der Waals surface area (Å²) in [4.78, 5) is 50.6. The van der Waals surface area contributed by atoms with Crippen molar-refractivity contribution in [1.82, 2.24) is 4.90 Å². The maximum absolute atomic E-state index is 12.6. The molecule has 0 radical (unpaired) electrons. The number of carbonyl (C=O) groups excluding carboxylic acids is 4. The van der Waals surface area contributed by atoms with E-state index < -0.39 is 18.5 Å². The fourth-order valence-corrected chi connectivity index (χ4v) is 5.15. The number of carbonyl (C=O) groups is 4. The standard InChI is InChI=1S/C22H26N2O6/c1-2-29-16-6-4-3-5-15(16)23-17(25)12-30-18(26)9-10-24-21(27)19-13-7-8-14(11-13)20(19)22(24)28/h3-6,13-14,19-20H,2,7-12H2,1H3,(H,23,25)/t13-,14-,19+,20+/m0/s1. The van der Waals surface area contributed by atoms with Gasteiger partial charge in [0.05, 0.1) is 30.6 Å². The van der Waals surface area contributed by atoms with Gasteiger partial charge in [-0.1, -0.05) is 12.1 Å². The maximum atomic E-state index is 12.6. The van der Waals surface area contributed by atoms with Crippen molar-refractivity contribution in [2.75, 3.05) is 25.1 Å². The topological polar surface area (TPSA) is 102 Å². The molecule has 2 bridgehead atoms. The zero-order valence-electron chi connectivity index (χ0n) is 17.0. The van der Waals surface area contributed by atoms with Crippen molar-refractivity contribution < 1.29 is 28.7 Å². The largest absolute Gasteiger partial charge is 0.492 e. The Kier molecular flexibility index (Phi) is 5.74. The molecule has 2 saturated carbocycles. The highest BCUT2D eigenvalue weighted by Crippen LogP contribution is 2.56. The van der Waals surface area contributed by atoms with E-state index in [1.165, 1.54) is 4.90 Å². The van der Waals surface area contributed by atoms with E-state index in [1.54, 1.807) is 24.3 Å². The van der Waals surface area contributed by atoms with E-state index in [0.29, 0.717) is 29.9 Å². The molecule has 0 unspecified atom stereocenters. The first kappa shape index (κ1) is 20.4. The van der Waals surface area contributed by atoms with E-state index in [0.717, 1.165) is 19.3 Å². The Hall–Kier alpha value is -2.90. The van der Waals surface area contributed by atoms with Crippen LogP contribution in [-0.4, -0.2) is 48.3 Å². The molecule has 1 aromatic carbocycles. The molecule has 4 atom stereocenters. The van der Waals surface area contributed by atoms with Crippen molar-refractivity contribution in [2.24, 2.45) is 23.7 Å². The van der Waals surface area contributed by atoms with Gasteiger partial charge in [0.15, 0.2) is 6.61 Å². The molecule has 1 aliphatic heterocycles. The van der Waals surface area contributed by atoms with E-state index >= 15 is 0 Å². The summed E-state index contributed by atoms with van der Waals surface area (Å²) >= 11 is 0. The Morgan fingerprint density at radius 3 is 2.43 bits per heavy atom. The molecule has 8 nitrogen and oxygen atoms in total. The summed E-state index contributed by atoms with van der Waals surface area (Å²) in [6, 6.07) is 6.98. The van der Waals surface area contributed by atoms with Crippen LogP contribution in [0.25, 0.3) is 0 Å². The minimum absolute atomic E-state index is 0.0116. The fourth-order valence-electron chi connectivity index (χ4n) is 5.15. The minimum Gasteiger partial charge on any atom is -0.492 e. The van der Waals surface area contributed by atoms with Crippen LogP contribution in [0.5, 0.6) is 5.75 Å². The number of likely N-dealkylation sites (tertiary alicyclic amines) is 1. The summed E-state index contributed by atoms with van der Waals surface area (Å²) in [5.41, 5.74) is 0.495. The molecular weight excluding hydrogens is 388 g/mol. The van der Waals surface area contributed by atoms with Crippen molar-refractivity contribution in [3.05, 3.63) is 24.3 Å². The highest BCUT2D eigenvalue weighted by molar-refractivity contribution is 6.06.